The minimum absolute atomic E-state index is 0.565. The van der Waals surface area contributed by atoms with E-state index < -0.39 is 0 Å². The van der Waals surface area contributed by atoms with Crippen LogP contribution in [0.15, 0.2) is 11.4 Å². The van der Waals surface area contributed by atoms with Crippen LogP contribution in [0.1, 0.15) is 31.6 Å². The van der Waals surface area contributed by atoms with Gasteiger partial charge in [0, 0.05) is 30.1 Å². The van der Waals surface area contributed by atoms with Crippen molar-refractivity contribution >= 4 is 22.9 Å². The Morgan fingerprint density at radius 2 is 2.41 bits per heavy atom. The van der Waals surface area contributed by atoms with Crippen molar-refractivity contribution in [2.75, 3.05) is 13.1 Å². The Morgan fingerprint density at radius 1 is 1.59 bits per heavy atom. The van der Waals surface area contributed by atoms with Crippen LogP contribution in [0.2, 0.25) is 5.02 Å². The van der Waals surface area contributed by atoms with Crippen LogP contribution in [0.4, 0.5) is 0 Å². The number of nitrogens with one attached hydrogen (secondary N) is 1. The van der Waals surface area contributed by atoms with Crippen LogP contribution in [0, 0.1) is 0 Å². The molecule has 1 aromatic rings. The zero-order valence-corrected chi connectivity index (χ0v) is 12.2. The SMILES string of the molecule is CC(C)N(Cc1sccc1Cl)CC1CCCN1. The molecule has 2 nitrogen and oxygen atoms in total. The van der Waals surface area contributed by atoms with E-state index in [4.69, 9.17) is 11.6 Å². The molecule has 1 unspecified atom stereocenters. The number of rotatable bonds is 5. The second kappa shape index (κ2) is 6.19. The molecule has 0 amide bonds. The molecular formula is C13H21ClN2S. The third-order valence-corrected chi connectivity index (χ3v) is 4.76. The van der Waals surface area contributed by atoms with Crippen LogP contribution >= 0.6 is 22.9 Å². The highest BCUT2D eigenvalue weighted by Crippen LogP contribution is 2.24. The van der Waals surface area contributed by atoms with Crippen molar-refractivity contribution in [1.29, 1.82) is 0 Å². The number of hydrogen-bond donors (Lipinski definition) is 1. The number of nitrogens with zero attached hydrogens (tertiary/aromatic N) is 1. The fourth-order valence-electron chi connectivity index (χ4n) is 2.28. The molecule has 1 aliphatic rings. The molecule has 1 N–H and O–H groups in total. The predicted octanol–water partition coefficient (Wildman–Crippen LogP) is 3.36. The molecule has 1 aromatic heterocycles. The molecule has 2 heterocycles. The van der Waals surface area contributed by atoms with E-state index in [0.717, 1.165) is 18.1 Å². The summed E-state index contributed by atoms with van der Waals surface area (Å²) in [6.07, 6.45) is 2.62. The van der Waals surface area contributed by atoms with Gasteiger partial charge in [-0.2, -0.15) is 0 Å². The summed E-state index contributed by atoms with van der Waals surface area (Å²) in [7, 11) is 0. The third kappa shape index (κ3) is 3.68. The Balaban J connectivity index is 1.95. The molecule has 0 radical (unpaired) electrons. The Bertz CT molecular complexity index is 345. The van der Waals surface area contributed by atoms with Crippen molar-refractivity contribution in [3.63, 3.8) is 0 Å². The van der Waals surface area contributed by atoms with E-state index in [1.165, 1.54) is 24.3 Å². The van der Waals surface area contributed by atoms with Crippen LogP contribution in [0.3, 0.4) is 0 Å². The molecule has 0 aliphatic carbocycles. The summed E-state index contributed by atoms with van der Waals surface area (Å²) in [4.78, 5) is 3.80. The summed E-state index contributed by atoms with van der Waals surface area (Å²) in [5.74, 6) is 0. The van der Waals surface area contributed by atoms with Gasteiger partial charge in [0.05, 0.1) is 5.02 Å². The minimum Gasteiger partial charge on any atom is -0.313 e. The normalized spacial score (nSPS) is 20.6. The van der Waals surface area contributed by atoms with Crippen LogP contribution in [-0.2, 0) is 6.54 Å². The summed E-state index contributed by atoms with van der Waals surface area (Å²) >= 11 is 7.93. The Hall–Kier alpha value is -0.0900. The minimum atomic E-state index is 0.565. The molecule has 17 heavy (non-hydrogen) atoms. The molecule has 0 spiro atoms. The molecule has 4 heteroatoms. The van der Waals surface area contributed by atoms with Gasteiger partial charge in [-0.05, 0) is 44.7 Å². The largest absolute Gasteiger partial charge is 0.313 e. The third-order valence-electron chi connectivity index (χ3n) is 3.39. The highest BCUT2D eigenvalue weighted by molar-refractivity contribution is 7.10. The zero-order chi connectivity index (χ0) is 12.3. The van der Waals surface area contributed by atoms with Crippen molar-refractivity contribution < 1.29 is 0 Å². The van der Waals surface area contributed by atoms with Gasteiger partial charge in [0.1, 0.15) is 0 Å². The van der Waals surface area contributed by atoms with Crippen LogP contribution in [-0.4, -0.2) is 30.1 Å². The Morgan fingerprint density at radius 3 is 2.94 bits per heavy atom. The maximum absolute atomic E-state index is 6.17. The molecule has 1 atom stereocenters. The summed E-state index contributed by atoms with van der Waals surface area (Å²) in [5.41, 5.74) is 0. The van der Waals surface area contributed by atoms with Crippen molar-refractivity contribution in [1.82, 2.24) is 10.2 Å². The van der Waals surface area contributed by atoms with Gasteiger partial charge in [-0.25, -0.2) is 0 Å². The van der Waals surface area contributed by atoms with E-state index in [2.05, 4.69) is 29.4 Å². The van der Waals surface area contributed by atoms with Gasteiger partial charge in [0.25, 0.3) is 0 Å². The van der Waals surface area contributed by atoms with Crippen LogP contribution in [0.5, 0.6) is 0 Å². The molecule has 96 valence electrons. The summed E-state index contributed by atoms with van der Waals surface area (Å²) in [6.45, 7) is 7.81. The van der Waals surface area contributed by atoms with Gasteiger partial charge < -0.3 is 5.32 Å². The smallest absolute Gasteiger partial charge is 0.0558 e. The van der Waals surface area contributed by atoms with Gasteiger partial charge in [0.2, 0.25) is 0 Å². The average molecular weight is 273 g/mol. The fourth-order valence-corrected chi connectivity index (χ4v) is 3.40. The number of hydrogen-bond acceptors (Lipinski definition) is 3. The topological polar surface area (TPSA) is 15.3 Å². The maximum atomic E-state index is 6.17. The van der Waals surface area contributed by atoms with Crippen LogP contribution in [0.25, 0.3) is 0 Å². The Labute approximate surface area is 113 Å². The zero-order valence-electron chi connectivity index (χ0n) is 10.6. The first-order valence-electron chi connectivity index (χ1n) is 6.36. The quantitative estimate of drug-likeness (QED) is 0.884. The van der Waals surface area contributed by atoms with E-state index in [1.54, 1.807) is 11.3 Å². The molecule has 1 fully saturated rings. The average Bonchev–Trinajstić information content (AvgIpc) is 2.90. The first-order chi connectivity index (χ1) is 8.16. The van der Waals surface area contributed by atoms with E-state index in [9.17, 15) is 0 Å². The second-order valence-corrected chi connectivity index (χ2v) is 6.42. The lowest BCUT2D eigenvalue weighted by Gasteiger charge is -2.29. The highest BCUT2D eigenvalue weighted by atomic mass is 35.5. The summed E-state index contributed by atoms with van der Waals surface area (Å²) < 4.78 is 0. The highest BCUT2D eigenvalue weighted by Gasteiger charge is 2.20. The first kappa shape index (κ1) is 13.3. The van der Waals surface area contributed by atoms with Gasteiger partial charge in [-0.15, -0.1) is 11.3 Å². The van der Waals surface area contributed by atoms with Gasteiger partial charge >= 0.3 is 0 Å². The lowest BCUT2D eigenvalue weighted by Crippen LogP contribution is -2.40. The van der Waals surface area contributed by atoms with Gasteiger partial charge in [0.15, 0.2) is 0 Å². The van der Waals surface area contributed by atoms with Crippen molar-refractivity contribution in [3.05, 3.63) is 21.3 Å². The molecule has 0 bridgehead atoms. The molecule has 1 saturated heterocycles. The van der Waals surface area contributed by atoms with E-state index in [-0.39, 0.29) is 0 Å². The van der Waals surface area contributed by atoms with E-state index in [0.29, 0.717) is 12.1 Å². The van der Waals surface area contributed by atoms with Crippen molar-refractivity contribution in [3.8, 4) is 0 Å². The molecule has 0 aromatic carbocycles. The molecular weight excluding hydrogens is 252 g/mol. The first-order valence-corrected chi connectivity index (χ1v) is 7.62. The monoisotopic (exact) mass is 272 g/mol. The van der Waals surface area contributed by atoms with E-state index >= 15 is 0 Å². The predicted molar refractivity (Wildman–Crippen MR) is 75.9 cm³/mol. The molecule has 1 aliphatic heterocycles. The number of halogens is 1. The van der Waals surface area contributed by atoms with Gasteiger partial charge in [-0.1, -0.05) is 11.6 Å². The van der Waals surface area contributed by atoms with Crippen molar-refractivity contribution in [2.45, 2.75) is 45.3 Å². The maximum Gasteiger partial charge on any atom is 0.0558 e. The summed E-state index contributed by atoms with van der Waals surface area (Å²) in [5, 5.41) is 6.56. The molecule has 2 rings (SSSR count). The lowest BCUT2D eigenvalue weighted by molar-refractivity contribution is 0.196. The molecule has 0 saturated carbocycles. The Kier molecular flexibility index (Phi) is 4.86. The van der Waals surface area contributed by atoms with Gasteiger partial charge in [-0.3, -0.25) is 4.90 Å². The standard InChI is InChI=1S/C13H21ClN2S/c1-10(2)16(8-11-4-3-6-15-11)9-13-12(14)5-7-17-13/h5,7,10-11,15H,3-4,6,8-9H2,1-2H3. The number of thiophene rings is 1. The second-order valence-electron chi connectivity index (χ2n) is 5.01. The van der Waals surface area contributed by atoms with Crippen molar-refractivity contribution in [2.24, 2.45) is 0 Å². The fraction of sp³-hybridized carbons (Fsp3) is 0.692. The van der Waals surface area contributed by atoms with Crippen LogP contribution < -0.4 is 5.32 Å². The van der Waals surface area contributed by atoms with E-state index in [1.807, 2.05) is 6.07 Å². The summed E-state index contributed by atoms with van der Waals surface area (Å²) in [6, 6.07) is 3.22. The lowest BCUT2D eigenvalue weighted by atomic mass is 10.2.